The maximum atomic E-state index is 6.34. The van der Waals surface area contributed by atoms with Crippen LogP contribution in [-0.2, 0) is 16.7 Å². The topological polar surface area (TPSA) is 34.2 Å². The second kappa shape index (κ2) is 7.79. The Kier molecular flexibility index (Phi) is 5.44. The Balaban J connectivity index is 1.47. The lowest BCUT2D eigenvalue weighted by Gasteiger charge is -2.46. The van der Waals surface area contributed by atoms with Gasteiger partial charge >= 0.3 is 0 Å². The molecule has 2 aliphatic rings. The molecule has 1 unspecified atom stereocenters. The quantitative estimate of drug-likeness (QED) is 0.727. The van der Waals surface area contributed by atoms with Crippen molar-refractivity contribution in [3.63, 3.8) is 0 Å². The van der Waals surface area contributed by atoms with E-state index in [9.17, 15) is 0 Å². The molecule has 1 aliphatic heterocycles. The number of ether oxygens (including phenoxy) is 1. The van der Waals surface area contributed by atoms with Crippen molar-refractivity contribution in [1.82, 2.24) is 10.3 Å². The van der Waals surface area contributed by atoms with Crippen LogP contribution < -0.4 is 5.32 Å². The van der Waals surface area contributed by atoms with Crippen LogP contribution in [0.15, 0.2) is 35.8 Å². The third kappa shape index (κ3) is 3.73. The molecule has 0 amide bonds. The van der Waals surface area contributed by atoms with Crippen LogP contribution in [0.4, 0.5) is 0 Å². The van der Waals surface area contributed by atoms with E-state index in [1.54, 1.807) is 0 Å². The highest BCUT2D eigenvalue weighted by molar-refractivity contribution is 7.10. The molecule has 1 N–H and O–H groups in total. The summed E-state index contributed by atoms with van der Waals surface area (Å²) in [7, 11) is 0. The van der Waals surface area contributed by atoms with Gasteiger partial charge in [0.05, 0.1) is 5.60 Å². The number of rotatable bonds is 6. The fourth-order valence-corrected chi connectivity index (χ4v) is 5.79. The molecule has 26 heavy (non-hydrogen) atoms. The molecule has 1 spiro atoms. The van der Waals surface area contributed by atoms with Crippen molar-refractivity contribution in [2.24, 2.45) is 0 Å². The molecule has 0 radical (unpaired) electrons. The molecule has 3 nitrogen and oxygen atoms in total. The van der Waals surface area contributed by atoms with Gasteiger partial charge in [0.2, 0.25) is 0 Å². The van der Waals surface area contributed by atoms with Gasteiger partial charge in [-0.2, -0.15) is 0 Å². The lowest BCUT2D eigenvalue weighted by molar-refractivity contribution is -0.104. The summed E-state index contributed by atoms with van der Waals surface area (Å²) in [4.78, 5) is 6.25. The first-order chi connectivity index (χ1) is 12.7. The largest absolute Gasteiger partial charge is 0.375 e. The van der Waals surface area contributed by atoms with Gasteiger partial charge in [-0.1, -0.05) is 18.9 Å². The molecule has 1 atom stereocenters. The van der Waals surface area contributed by atoms with Gasteiger partial charge < -0.3 is 10.1 Å². The van der Waals surface area contributed by atoms with Crippen LogP contribution in [-0.4, -0.2) is 23.7 Å². The van der Waals surface area contributed by atoms with E-state index in [-0.39, 0.29) is 11.0 Å². The van der Waals surface area contributed by atoms with Crippen molar-refractivity contribution in [3.8, 4) is 0 Å². The molecule has 3 heterocycles. The lowest BCUT2D eigenvalue weighted by Crippen LogP contribution is -2.47. The molecule has 1 saturated carbocycles. The van der Waals surface area contributed by atoms with Crippen molar-refractivity contribution in [3.05, 3.63) is 52.0 Å². The average molecular weight is 371 g/mol. The number of hydrogen-bond acceptors (Lipinski definition) is 4. The third-order valence-corrected chi connectivity index (χ3v) is 7.43. The van der Waals surface area contributed by atoms with Gasteiger partial charge in [-0.15, -0.1) is 11.3 Å². The normalized spacial score (nSPS) is 25.0. The molecule has 2 aromatic rings. The Morgan fingerprint density at radius 2 is 2.08 bits per heavy atom. The summed E-state index contributed by atoms with van der Waals surface area (Å²) in [6.07, 6.45) is 10.4. The molecule has 2 fully saturated rings. The average Bonchev–Trinajstić information content (AvgIpc) is 3.29. The first-order valence-corrected chi connectivity index (χ1v) is 10.9. The van der Waals surface area contributed by atoms with Gasteiger partial charge in [-0.05, 0) is 74.7 Å². The first-order valence-electron chi connectivity index (χ1n) is 10.0. The summed E-state index contributed by atoms with van der Waals surface area (Å²) in [6, 6.07) is 8.61. The second-order valence-electron chi connectivity index (χ2n) is 8.11. The third-order valence-electron chi connectivity index (χ3n) is 6.41. The standard InChI is InChI=1S/C22H30N2OS/c1-18-7-15-26-19(18)16-23-13-10-21(20-6-2-5-12-24-20)11-14-25-22(17-21)8-3-4-9-22/h2,5-7,12,15,23H,3-4,8-11,13-14,16-17H2,1H3. The van der Waals surface area contributed by atoms with Crippen molar-refractivity contribution in [2.45, 2.75) is 69.4 Å². The fraction of sp³-hybridized carbons (Fsp3) is 0.591. The summed E-state index contributed by atoms with van der Waals surface area (Å²) >= 11 is 1.85. The lowest BCUT2D eigenvalue weighted by atomic mass is 9.68. The zero-order chi connectivity index (χ0) is 17.9. The predicted molar refractivity (Wildman–Crippen MR) is 108 cm³/mol. The van der Waals surface area contributed by atoms with E-state index >= 15 is 0 Å². The van der Waals surface area contributed by atoms with Crippen molar-refractivity contribution < 1.29 is 4.74 Å². The molecule has 0 bridgehead atoms. The van der Waals surface area contributed by atoms with Crippen LogP contribution in [0.5, 0.6) is 0 Å². The van der Waals surface area contributed by atoms with Crippen LogP contribution in [0, 0.1) is 6.92 Å². The predicted octanol–water partition coefficient (Wildman–Crippen LogP) is 4.99. The van der Waals surface area contributed by atoms with E-state index in [4.69, 9.17) is 9.72 Å². The molecule has 0 aromatic carbocycles. The summed E-state index contributed by atoms with van der Waals surface area (Å²) in [5, 5.41) is 5.88. The number of nitrogens with zero attached hydrogens (tertiary/aromatic N) is 1. The highest BCUT2D eigenvalue weighted by atomic mass is 32.1. The number of aromatic nitrogens is 1. The number of hydrogen-bond donors (Lipinski definition) is 1. The molecular formula is C22H30N2OS. The monoisotopic (exact) mass is 370 g/mol. The van der Waals surface area contributed by atoms with Gasteiger partial charge in [0.1, 0.15) is 0 Å². The molecule has 1 aliphatic carbocycles. The minimum atomic E-state index is 0.111. The van der Waals surface area contributed by atoms with Gasteiger partial charge in [-0.3, -0.25) is 4.98 Å². The first kappa shape index (κ1) is 18.1. The van der Waals surface area contributed by atoms with E-state index in [0.717, 1.165) is 39.0 Å². The molecule has 140 valence electrons. The zero-order valence-electron chi connectivity index (χ0n) is 15.8. The molecule has 4 rings (SSSR count). The van der Waals surface area contributed by atoms with Crippen LogP contribution in [0.2, 0.25) is 0 Å². The SMILES string of the molecule is Cc1ccsc1CNCCC1(c2ccccn2)CCOC2(CCCC2)C1. The van der Waals surface area contributed by atoms with Crippen molar-refractivity contribution in [1.29, 1.82) is 0 Å². The maximum Gasteiger partial charge on any atom is 0.0691 e. The molecular weight excluding hydrogens is 340 g/mol. The van der Waals surface area contributed by atoms with Crippen LogP contribution >= 0.6 is 11.3 Å². The minimum absolute atomic E-state index is 0.111. The molecule has 1 saturated heterocycles. The highest BCUT2D eigenvalue weighted by Gasteiger charge is 2.48. The number of pyridine rings is 1. The Hall–Kier alpha value is -1.23. The number of aryl methyl sites for hydroxylation is 1. The van der Waals surface area contributed by atoms with Crippen LogP contribution in [0.3, 0.4) is 0 Å². The Morgan fingerprint density at radius 3 is 2.81 bits per heavy atom. The number of thiophene rings is 1. The van der Waals surface area contributed by atoms with Crippen molar-refractivity contribution in [2.75, 3.05) is 13.2 Å². The van der Waals surface area contributed by atoms with Gasteiger partial charge in [0, 0.05) is 35.3 Å². The Morgan fingerprint density at radius 1 is 1.19 bits per heavy atom. The van der Waals surface area contributed by atoms with E-state index in [0.29, 0.717) is 0 Å². The summed E-state index contributed by atoms with van der Waals surface area (Å²) in [6.45, 7) is 5.08. The van der Waals surface area contributed by atoms with Crippen LogP contribution in [0.25, 0.3) is 0 Å². The zero-order valence-corrected chi connectivity index (χ0v) is 16.6. The molecule has 2 aromatic heterocycles. The smallest absolute Gasteiger partial charge is 0.0691 e. The maximum absolute atomic E-state index is 6.34. The minimum Gasteiger partial charge on any atom is -0.375 e. The van der Waals surface area contributed by atoms with E-state index in [1.807, 2.05) is 23.6 Å². The summed E-state index contributed by atoms with van der Waals surface area (Å²) < 4.78 is 6.34. The summed E-state index contributed by atoms with van der Waals surface area (Å²) in [5.74, 6) is 0. The molecule has 4 heteroatoms. The fourth-order valence-electron chi connectivity index (χ4n) is 4.91. The van der Waals surface area contributed by atoms with Crippen LogP contribution in [0.1, 0.15) is 61.1 Å². The van der Waals surface area contributed by atoms with E-state index < -0.39 is 0 Å². The van der Waals surface area contributed by atoms with E-state index in [2.05, 4.69) is 35.8 Å². The van der Waals surface area contributed by atoms with Crippen molar-refractivity contribution >= 4 is 11.3 Å². The van der Waals surface area contributed by atoms with Gasteiger partial charge in [0.25, 0.3) is 0 Å². The van der Waals surface area contributed by atoms with E-state index in [1.165, 1.54) is 41.8 Å². The highest BCUT2D eigenvalue weighted by Crippen LogP contribution is 2.49. The Bertz CT molecular complexity index is 708. The second-order valence-corrected chi connectivity index (χ2v) is 9.11. The van der Waals surface area contributed by atoms with Gasteiger partial charge in [0.15, 0.2) is 0 Å². The Labute approximate surface area is 161 Å². The van der Waals surface area contributed by atoms with Gasteiger partial charge in [-0.25, -0.2) is 0 Å². The number of nitrogens with one attached hydrogen (secondary N) is 1. The summed E-state index contributed by atoms with van der Waals surface area (Å²) in [5.41, 5.74) is 2.93.